The highest BCUT2D eigenvalue weighted by Crippen LogP contribution is 2.42. The monoisotopic (exact) mass is 726 g/mol. The zero-order valence-corrected chi connectivity index (χ0v) is 29.8. The van der Waals surface area contributed by atoms with Gasteiger partial charge in [0.25, 0.3) is 18.3 Å². The standard InChI is InChI=1S/C29H33BrClFN4O4S2Si/c1-17-13-20(33-15-19-9-8-10-23(39-5)25(19)40-43(6,7)29(2,3)4)16-34-27(17)42(37,38)36-28-35-24(26(30)41-28)18-11-12-22(32)21(31)14-18/h8-14,16,33H,15H2,1-7H3,(H,35,36). The maximum atomic E-state index is 13.6. The lowest BCUT2D eigenvalue weighted by atomic mass is 10.2. The molecule has 0 aliphatic carbocycles. The number of ether oxygens (including phenoxy) is 1. The van der Waals surface area contributed by atoms with Gasteiger partial charge in [-0.05, 0) is 76.9 Å². The molecule has 2 N–H and O–H groups in total. The van der Waals surface area contributed by atoms with Crippen molar-refractivity contribution in [1.29, 1.82) is 0 Å². The molecule has 0 saturated heterocycles. The lowest BCUT2D eigenvalue weighted by Gasteiger charge is -2.37. The van der Waals surface area contributed by atoms with Crippen LogP contribution in [0.15, 0.2) is 57.5 Å². The molecule has 14 heteroatoms. The first kappa shape index (κ1) is 33.2. The molecule has 0 spiro atoms. The minimum Gasteiger partial charge on any atom is -0.541 e. The van der Waals surface area contributed by atoms with Gasteiger partial charge in [0.1, 0.15) is 5.82 Å². The van der Waals surface area contributed by atoms with E-state index in [2.05, 4.69) is 69.8 Å². The van der Waals surface area contributed by atoms with Gasteiger partial charge in [0.15, 0.2) is 21.7 Å². The molecular weight excluding hydrogens is 695 g/mol. The molecule has 0 fully saturated rings. The third kappa shape index (κ3) is 7.51. The van der Waals surface area contributed by atoms with Crippen LogP contribution in [0, 0.1) is 12.7 Å². The Kier molecular flexibility index (Phi) is 9.82. The fraction of sp³-hybridized carbons (Fsp3) is 0.310. The summed E-state index contributed by atoms with van der Waals surface area (Å²) in [5.41, 5.74) is 2.97. The number of rotatable bonds is 10. The van der Waals surface area contributed by atoms with E-state index in [1.165, 1.54) is 24.4 Å². The van der Waals surface area contributed by atoms with Gasteiger partial charge in [0.2, 0.25) is 0 Å². The molecule has 0 aliphatic heterocycles. The number of nitrogens with one attached hydrogen (secondary N) is 2. The predicted molar refractivity (Wildman–Crippen MR) is 178 cm³/mol. The topological polar surface area (TPSA) is 102 Å². The number of nitrogens with zero attached hydrogens (tertiary/aromatic N) is 2. The number of aromatic nitrogens is 2. The summed E-state index contributed by atoms with van der Waals surface area (Å²) in [5.74, 6) is 0.806. The van der Waals surface area contributed by atoms with E-state index in [1.54, 1.807) is 20.1 Å². The molecule has 0 saturated carbocycles. The number of aryl methyl sites for hydroxylation is 1. The average molecular weight is 728 g/mol. The first-order chi connectivity index (χ1) is 20.0. The van der Waals surface area contributed by atoms with Crippen molar-refractivity contribution in [2.75, 3.05) is 17.1 Å². The third-order valence-corrected chi connectivity index (χ3v) is 15.0. The molecule has 43 heavy (non-hydrogen) atoms. The van der Waals surface area contributed by atoms with Crippen molar-refractivity contribution in [2.24, 2.45) is 0 Å². The maximum Gasteiger partial charge on any atom is 0.281 e. The number of thiazole rings is 1. The summed E-state index contributed by atoms with van der Waals surface area (Å²) in [6.45, 7) is 13.0. The Hall–Kier alpha value is -2.71. The normalized spacial score (nSPS) is 12.2. The summed E-state index contributed by atoms with van der Waals surface area (Å²) in [7, 11) is -4.59. The Morgan fingerprint density at radius 1 is 1.16 bits per heavy atom. The van der Waals surface area contributed by atoms with E-state index in [-0.39, 0.29) is 20.2 Å². The summed E-state index contributed by atoms with van der Waals surface area (Å²) in [4.78, 5) is 8.63. The Bertz CT molecular complexity index is 1760. The highest BCUT2D eigenvalue weighted by molar-refractivity contribution is 9.11. The van der Waals surface area contributed by atoms with Gasteiger partial charge < -0.3 is 14.5 Å². The fourth-order valence-corrected chi connectivity index (χ4v) is 7.97. The molecule has 0 aliphatic rings. The van der Waals surface area contributed by atoms with Crippen LogP contribution in [-0.2, 0) is 16.6 Å². The number of methoxy groups -OCH3 is 1. The highest BCUT2D eigenvalue weighted by atomic mass is 79.9. The summed E-state index contributed by atoms with van der Waals surface area (Å²) in [6.07, 6.45) is 1.47. The molecule has 0 unspecified atom stereocenters. The van der Waals surface area contributed by atoms with Gasteiger partial charge in [-0.15, -0.1) is 0 Å². The van der Waals surface area contributed by atoms with E-state index in [4.69, 9.17) is 20.8 Å². The molecule has 8 nitrogen and oxygen atoms in total. The number of sulfonamides is 1. The minimum absolute atomic E-state index is 0.0000982. The van der Waals surface area contributed by atoms with Crippen molar-refractivity contribution in [1.82, 2.24) is 9.97 Å². The molecule has 0 radical (unpaired) electrons. The number of para-hydroxylation sites is 1. The van der Waals surface area contributed by atoms with E-state index in [0.29, 0.717) is 44.3 Å². The summed E-state index contributed by atoms with van der Waals surface area (Å²) < 4.78 is 55.4. The van der Waals surface area contributed by atoms with Gasteiger partial charge in [0, 0.05) is 17.7 Å². The van der Waals surface area contributed by atoms with Gasteiger partial charge in [0.05, 0.1) is 33.5 Å². The van der Waals surface area contributed by atoms with Crippen molar-refractivity contribution in [3.8, 4) is 22.8 Å². The number of pyridine rings is 1. The minimum atomic E-state index is -4.06. The fourth-order valence-electron chi connectivity index (χ4n) is 3.85. The van der Waals surface area contributed by atoms with E-state index in [1.807, 2.05) is 18.2 Å². The SMILES string of the molecule is COc1cccc(CNc2cnc(S(=O)(=O)Nc3nc(-c4ccc(F)c(Cl)c4)c(Br)s3)c(C)c2)c1O[Si](C)(C)C(C)(C)C. The molecule has 4 aromatic rings. The predicted octanol–water partition coefficient (Wildman–Crippen LogP) is 8.87. The average Bonchev–Trinajstić information content (AvgIpc) is 3.27. The van der Waals surface area contributed by atoms with Crippen LogP contribution in [0.25, 0.3) is 11.3 Å². The third-order valence-electron chi connectivity index (χ3n) is 7.21. The van der Waals surface area contributed by atoms with Crippen LogP contribution in [0.1, 0.15) is 31.9 Å². The molecule has 0 atom stereocenters. The number of anilines is 2. The van der Waals surface area contributed by atoms with Crippen LogP contribution >= 0.6 is 38.9 Å². The van der Waals surface area contributed by atoms with Crippen LogP contribution in [0.5, 0.6) is 11.5 Å². The second kappa shape index (κ2) is 12.7. The molecule has 2 heterocycles. The number of halogens is 3. The van der Waals surface area contributed by atoms with Crippen molar-refractivity contribution < 1.29 is 22.0 Å². The van der Waals surface area contributed by atoms with Gasteiger partial charge in [-0.25, -0.2) is 14.4 Å². The van der Waals surface area contributed by atoms with Crippen molar-refractivity contribution in [3.63, 3.8) is 0 Å². The van der Waals surface area contributed by atoms with E-state index >= 15 is 0 Å². The summed E-state index contributed by atoms with van der Waals surface area (Å²) in [6, 6.07) is 11.7. The van der Waals surface area contributed by atoms with Crippen LogP contribution in [0.3, 0.4) is 0 Å². The zero-order valence-electron chi connectivity index (χ0n) is 24.8. The van der Waals surface area contributed by atoms with Gasteiger partial charge in [-0.2, -0.15) is 8.42 Å². The van der Waals surface area contributed by atoms with Crippen molar-refractivity contribution in [2.45, 2.75) is 57.4 Å². The number of benzene rings is 2. The maximum absolute atomic E-state index is 13.6. The molecule has 0 amide bonds. The smallest absolute Gasteiger partial charge is 0.281 e. The molecule has 2 aromatic carbocycles. The molecule has 4 rings (SSSR count). The lowest BCUT2D eigenvalue weighted by molar-refractivity contribution is 0.384. The largest absolute Gasteiger partial charge is 0.541 e. The second-order valence-corrected chi connectivity index (χ2v) is 20.4. The molecule has 2 aromatic heterocycles. The summed E-state index contributed by atoms with van der Waals surface area (Å²) in [5, 5.41) is 3.27. The van der Waals surface area contributed by atoms with Crippen molar-refractivity contribution >= 4 is 68.0 Å². The Balaban J connectivity index is 1.52. The molecule has 230 valence electrons. The van der Waals surface area contributed by atoms with Crippen LogP contribution < -0.4 is 19.2 Å². The zero-order chi connectivity index (χ0) is 31.7. The lowest BCUT2D eigenvalue weighted by Crippen LogP contribution is -2.44. The molecular formula is C29H33BrClFN4O4S2Si. The Morgan fingerprint density at radius 2 is 1.88 bits per heavy atom. The van der Waals surface area contributed by atoms with E-state index in [9.17, 15) is 12.8 Å². The van der Waals surface area contributed by atoms with Gasteiger partial charge >= 0.3 is 0 Å². The highest BCUT2D eigenvalue weighted by Gasteiger charge is 2.40. The first-order valence-electron chi connectivity index (χ1n) is 13.2. The second-order valence-electron chi connectivity index (χ2n) is 11.4. The Labute approximate surface area is 270 Å². The number of hydrogen-bond acceptors (Lipinski definition) is 8. The van der Waals surface area contributed by atoms with Crippen LogP contribution in [-0.4, -0.2) is 33.8 Å². The van der Waals surface area contributed by atoms with Gasteiger partial charge in [-0.3, -0.25) is 4.72 Å². The quantitative estimate of drug-likeness (QED) is 0.157. The van der Waals surface area contributed by atoms with Crippen molar-refractivity contribution in [3.05, 3.63) is 74.4 Å². The van der Waals surface area contributed by atoms with Crippen LogP contribution in [0.2, 0.25) is 23.2 Å². The number of hydrogen-bond donors (Lipinski definition) is 2. The van der Waals surface area contributed by atoms with E-state index in [0.717, 1.165) is 16.9 Å². The summed E-state index contributed by atoms with van der Waals surface area (Å²) >= 11 is 10.4. The van der Waals surface area contributed by atoms with Crippen LogP contribution in [0.4, 0.5) is 15.2 Å². The molecule has 0 bridgehead atoms. The Morgan fingerprint density at radius 3 is 2.51 bits per heavy atom. The first-order valence-corrected chi connectivity index (χ1v) is 19.6. The van der Waals surface area contributed by atoms with E-state index < -0.39 is 24.2 Å². The van der Waals surface area contributed by atoms with Gasteiger partial charge in [-0.1, -0.05) is 55.8 Å².